The van der Waals surface area contributed by atoms with Gasteiger partial charge in [-0.3, -0.25) is 0 Å². The average Bonchev–Trinajstić information content (AvgIpc) is 3.62. The molecule has 0 radical (unpaired) electrons. The summed E-state index contributed by atoms with van der Waals surface area (Å²) in [6.45, 7) is 5.76. The quantitative estimate of drug-likeness (QED) is 0.336. The summed E-state index contributed by atoms with van der Waals surface area (Å²) in [6, 6.07) is 13.4. The number of H-pyrrole nitrogens is 1. The highest BCUT2D eigenvalue weighted by atomic mass is 19.3. The van der Waals surface area contributed by atoms with Gasteiger partial charge in [0.05, 0.1) is 11.4 Å². The highest BCUT2D eigenvalue weighted by Gasteiger charge is 2.43. The lowest BCUT2D eigenvalue weighted by Gasteiger charge is -2.32. The zero-order valence-corrected chi connectivity index (χ0v) is 21.7. The van der Waals surface area contributed by atoms with Crippen molar-refractivity contribution in [1.29, 1.82) is 0 Å². The summed E-state index contributed by atoms with van der Waals surface area (Å²) in [7, 11) is 0. The van der Waals surface area contributed by atoms with Gasteiger partial charge in [-0.15, -0.1) is 8.78 Å². The molecule has 0 saturated carbocycles. The van der Waals surface area contributed by atoms with Crippen LogP contribution in [0.4, 0.5) is 14.6 Å². The number of piperidine rings is 1. The van der Waals surface area contributed by atoms with Crippen molar-refractivity contribution in [2.24, 2.45) is 0 Å². The van der Waals surface area contributed by atoms with E-state index in [1.54, 1.807) is 18.5 Å². The molecule has 1 fully saturated rings. The standard InChI is InChI=1S/C30H27F2N5O2/c1-17-3-5-19(6-4-17)22-13-23-24(14-22)33-16-34-29(23)37-11-9-20(10-12-37)28-35-18(2)27(36-28)21-7-8-25-26(15-21)39-30(31,32)38-25/h3-8,13,15-16,20H,9-12,14H2,1-2H3,(H,35,36). The predicted molar refractivity (Wildman–Crippen MR) is 144 cm³/mol. The summed E-state index contributed by atoms with van der Waals surface area (Å²) in [5.41, 5.74) is 8.27. The third kappa shape index (κ3) is 4.31. The number of hydrogen-bond acceptors (Lipinski definition) is 6. The minimum atomic E-state index is -3.64. The van der Waals surface area contributed by atoms with Crippen LogP contribution in [0, 0.1) is 13.8 Å². The molecule has 1 saturated heterocycles. The first-order valence-electron chi connectivity index (χ1n) is 13.2. The van der Waals surface area contributed by atoms with Crippen LogP contribution in [-0.4, -0.2) is 39.3 Å². The third-order valence-corrected chi connectivity index (χ3v) is 7.80. The number of hydrogen-bond donors (Lipinski definition) is 1. The molecule has 4 aromatic rings. The van der Waals surface area contributed by atoms with Gasteiger partial charge in [0.2, 0.25) is 0 Å². The topological polar surface area (TPSA) is 76.2 Å². The van der Waals surface area contributed by atoms with Gasteiger partial charge >= 0.3 is 6.29 Å². The second kappa shape index (κ2) is 8.90. The van der Waals surface area contributed by atoms with E-state index in [0.717, 1.165) is 66.6 Å². The molecule has 39 heavy (non-hydrogen) atoms. The molecule has 4 heterocycles. The zero-order valence-electron chi connectivity index (χ0n) is 21.7. The normalized spacial score (nSPS) is 17.8. The van der Waals surface area contributed by atoms with Crippen LogP contribution in [0.25, 0.3) is 22.9 Å². The Morgan fingerprint density at radius 3 is 2.49 bits per heavy atom. The number of halogens is 2. The van der Waals surface area contributed by atoms with Gasteiger partial charge in [0.25, 0.3) is 0 Å². The number of aryl methyl sites for hydroxylation is 2. The van der Waals surface area contributed by atoms with Gasteiger partial charge in [-0.05, 0) is 62.1 Å². The SMILES string of the molecule is Cc1ccc(C2=Cc3c(ncnc3N3CCC(c4nc(-c5ccc6c(c5)OC(F)(F)O6)c(C)[nH]4)CC3)C2)cc1. The lowest BCUT2D eigenvalue weighted by Crippen LogP contribution is -2.34. The maximum atomic E-state index is 13.5. The highest BCUT2D eigenvalue weighted by Crippen LogP contribution is 2.43. The monoisotopic (exact) mass is 527 g/mol. The maximum Gasteiger partial charge on any atom is 0.586 e. The van der Waals surface area contributed by atoms with Crippen molar-refractivity contribution in [2.45, 2.75) is 45.3 Å². The van der Waals surface area contributed by atoms with Crippen molar-refractivity contribution in [1.82, 2.24) is 19.9 Å². The number of alkyl halides is 2. The Kier molecular flexibility index (Phi) is 5.43. The number of imidazole rings is 1. The zero-order chi connectivity index (χ0) is 26.7. The Balaban J connectivity index is 1.07. The van der Waals surface area contributed by atoms with Crippen molar-refractivity contribution >= 4 is 17.5 Å². The molecule has 2 aromatic carbocycles. The van der Waals surface area contributed by atoms with E-state index >= 15 is 0 Å². The molecule has 2 aliphatic heterocycles. The van der Waals surface area contributed by atoms with Crippen LogP contribution in [-0.2, 0) is 6.42 Å². The van der Waals surface area contributed by atoms with Crippen LogP contribution in [0.1, 0.15) is 52.7 Å². The van der Waals surface area contributed by atoms with Crippen LogP contribution >= 0.6 is 0 Å². The molecular formula is C30H27F2N5O2. The van der Waals surface area contributed by atoms with Gasteiger partial charge < -0.3 is 19.4 Å². The summed E-state index contributed by atoms with van der Waals surface area (Å²) in [5.74, 6) is 2.22. The summed E-state index contributed by atoms with van der Waals surface area (Å²) in [5, 5.41) is 0. The van der Waals surface area contributed by atoms with E-state index in [-0.39, 0.29) is 17.4 Å². The van der Waals surface area contributed by atoms with E-state index in [0.29, 0.717) is 5.56 Å². The number of anilines is 1. The lowest BCUT2D eigenvalue weighted by atomic mass is 9.96. The predicted octanol–water partition coefficient (Wildman–Crippen LogP) is 6.29. The molecule has 1 N–H and O–H groups in total. The van der Waals surface area contributed by atoms with Gasteiger partial charge in [-0.25, -0.2) is 15.0 Å². The number of aromatic amines is 1. The molecule has 0 unspecified atom stereocenters. The van der Waals surface area contributed by atoms with Gasteiger partial charge in [0.1, 0.15) is 18.0 Å². The highest BCUT2D eigenvalue weighted by molar-refractivity contribution is 5.91. The molecule has 0 amide bonds. The number of allylic oxidation sites excluding steroid dienone is 1. The number of rotatable bonds is 4. The number of nitrogens with zero attached hydrogens (tertiary/aromatic N) is 4. The van der Waals surface area contributed by atoms with Gasteiger partial charge in [-0.2, -0.15) is 0 Å². The Hall–Kier alpha value is -4.27. The third-order valence-electron chi connectivity index (χ3n) is 7.80. The largest absolute Gasteiger partial charge is 0.586 e. The van der Waals surface area contributed by atoms with E-state index in [2.05, 4.69) is 66.6 Å². The van der Waals surface area contributed by atoms with E-state index in [1.165, 1.54) is 22.8 Å². The second-order valence-corrected chi connectivity index (χ2v) is 10.5. The molecule has 0 atom stereocenters. The van der Waals surface area contributed by atoms with Gasteiger partial charge in [-0.1, -0.05) is 29.8 Å². The van der Waals surface area contributed by atoms with Crippen molar-refractivity contribution in [2.75, 3.05) is 18.0 Å². The van der Waals surface area contributed by atoms with Crippen LogP contribution < -0.4 is 14.4 Å². The van der Waals surface area contributed by atoms with Crippen LogP contribution in [0.15, 0.2) is 48.8 Å². The number of fused-ring (bicyclic) bond motifs is 2. The summed E-state index contributed by atoms with van der Waals surface area (Å²) in [4.78, 5) is 19.9. The maximum absolute atomic E-state index is 13.5. The van der Waals surface area contributed by atoms with E-state index in [1.807, 2.05) is 6.92 Å². The molecule has 9 heteroatoms. The Morgan fingerprint density at radius 2 is 1.69 bits per heavy atom. The van der Waals surface area contributed by atoms with E-state index in [4.69, 9.17) is 4.98 Å². The number of ether oxygens (including phenoxy) is 2. The number of aromatic nitrogens is 4. The fourth-order valence-electron chi connectivity index (χ4n) is 5.74. The molecule has 7 nitrogen and oxygen atoms in total. The Morgan fingerprint density at radius 1 is 0.949 bits per heavy atom. The Bertz CT molecular complexity index is 1600. The van der Waals surface area contributed by atoms with E-state index < -0.39 is 6.29 Å². The summed E-state index contributed by atoms with van der Waals surface area (Å²) >= 11 is 0. The fourth-order valence-corrected chi connectivity index (χ4v) is 5.74. The van der Waals surface area contributed by atoms with Crippen molar-refractivity contribution in [3.8, 4) is 22.8 Å². The minimum absolute atomic E-state index is 0.0201. The summed E-state index contributed by atoms with van der Waals surface area (Å²) in [6.07, 6.45) is 2.94. The van der Waals surface area contributed by atoms with Crippen molar-refractivity contribution in [3.63, 3.8) is 0 Å². The molecule has 0 bridgehead atoms. The summed E-state index contributed by atoms with van der Waals surface area (Å²) < 4.78 is 36.1. The first-order chi connectivity index (χ1) is 18.8. The lowest BCUT2D eigenvalue weighted by molar-refractivity contribution is -0.286. The van der Waals surface area contributed by atoms with Crippen LogP contribution in [0.2, 0.25) is 0 Å². The molecule has 0 spiro atoms. The molecule has 3 aliphatic rings. The molecule has 1 aliphatic carbocycles. The van der Waals surface area contributed by atoms with Crippen molar-refractivity contribution in [3.05, 3.63) is 82.7 Å². The first kappa shape index (κ1) is 23.8. The van der Waals surface area contributed by atoms with E-state index in [9.17, 15) is 8.78 Å². The van der Waals surface area contributed by atoms with Gasteiger partial charge in [0, 0.05) is 42.2 Å². The average molecular weight is 528 g/mol. The Labute approximate surface area is 224 Å². The molecular weight excluding hydrogens is 500 g/mol. The number of benzene rings is 2. The first-order valence-corrected chi connectivity index (χ1v) is 13.2. The van der Waals surface area contributed by atoms with Crippen LogP contribution in [0.3, 0.4) is 0 Å². The van der Waals surface area contributed by atoms with Crippen LogP contribution in [0.5, 0.6) is 11.5 Å². The molecule has 7 rings (SSSR count). The smallest absolute Gasteiger partial charge is 0.395 e. The number of nitrogens with one attached hydrogen (secondary N) is 1. The van der Waals surface area contributed by atoms with Crippen molar-refractivity contribution < 1.29 is 18.3 Å². The second-order valence-electron chi connectivity index (χ2n) is 10.5. The minimum Gasteiger partial charge on any atom is -0.395 e. The van der Waals surface area contributed by atoms with Gasteiger partial charge in [0.15, 0.2) is 11.5 Å². The molecule has 2 aromatic heterocycles. The molecule has 198 valence electrons. The fraction of sp³-hybridized carbons (Fsp3) is 0.300.